The van der Waals surface area contributed by atoms with Gasteiger partial charge in [0, 0.05) is 55.6 Å². The number of amides is 2. The van der Waals surface area contributed by atoms with Gasteiger partial charge in [-0.2, -0.15) is 5.10 Å². The molecule has 0 radical (unpaired) electrons. The maximum Gasteiger partial charge on any atom is 0.272 e. The first-order valence-electron chi connectivity index (χ1n) is 20.7. The third-order valence-corrected chi connectivity index (χ3v) is 13.8. The van der Waals surface area contributed by atoms with Crippen LogP contribution in [0.4, 0.5) is 11.5 Å². The van der Waals surface area contributed by atoms with Crippen LogP contribution in [0.15, 0.2) is 54.9 Å². The van der Waals surface area contributed by atoms with E-state index in [1.807, 2.05) is 64.8 Å². The van der Waals surface area contributed by atoms with Gasteiger partial charge >= 0.3 is 0 Å². The molecule has 5 aliphatic rings. The molecule has 4 bridgehead atoms. The number of nitrogens with one attached hydrogen (secondary N) is 2. The zero-order valence-corrected chi connectivity index (χ0v) is 33.0. The molecule has 5 aromatic rings. The number of fused-ring (bicyclic) bond motifs is 2. The number of methoxy groups -OCH3 is 1. The van der Waals surface area contributed by atoms with Crippen LogP contribution in [0.5, 0.6) is 5.75 Å². The van der Waals surface area contributed by atoms with Crippen LogP contribution in [0.2, 0.25) is 0 Å². The van der Waals surface area contributed by atoms with E-state index in [0.29, 0.717) is 51.6 Å². The number of para-hydroxylation sites is 1. The van der Waals surface area contributed by atoms with Gasteiger partial charge in [0.1, 0.15) is 29.3 Å². The monoisotopic (exact) mass is 757 g/mol. The van der Waals surface area contributed by atoms with E-state index >= 15 is 0 Å². The lowest BCUT2D eigenvalue weighted by atomic mass is 9.48. The Labute approximate surface area is 328 Å². The molecule has 56 heavy (non-hydrogen) atoms. The molecule has 3 aromatic heterocycles. The fraction of sp³-hybridized carbons (Fsp3) is 0.523. The number of nitrogens with zero attached hydrogens (tertiary/aromatic N) is 6. The molecular formula is C44H55N9O3. The van der Waals surface area contributed by atoms with E-state index in [9.17, 15) is 9.59 Å². The standard InChI is InChI=1S/C44H55N9O3/c1-27(10-13-44-23-28-18-29(24-44)20-30(19-28)25-44)42(54)46-14-17-52-15-11-33(12-16-52)53-41-38(40(45)47-26-48-41)39(50-53)32-8-9-34(37(22-32)56-3)49-43(55)36-21-31-6-4-5-7-35(31)51(36)2/h4-9,21-22,26-30,33H,10-20,23-25H2,1-3H3,(H,46,54)(H,49,55)(H2,45,47,48)/t27-,28?,29?,30?,44?/m0/s1. The predicted octanol–water partition coefficient (Wildman–Crippen LogP) is 7.21. The summed E-state index contributed by atoms with van der Waals surface area (Å²) in [7, 11) is 3.47. The van der Waals surface area contributed by atoms with Crippen LogP contribution in [0.1, 0.15) is 87.7 Å². The molecule has 2 amide bonds. The highest BCUT2D eigenvalue weighted by Gasteiger charge is 2.50. The van der Waals surface area contributed by atoms with Crippen LogP contribution in [0.25, 0.3) is 33.2 Å². The molecule has 1 saturated heterocycles. The topological polar surface area (TPSA) is 145 Å². The Balaban J connectivity index is 0.819. The molecule has 294 valence electrons. The summed E-state index contributed by atoms with van der Waals surface area (Å²) in [6, 6.07) is 15.6. The summed E-state index contributed by atoms with van der Waals surface area (Å²) in [5.41, 5.74) is 11.3. The maximum atomic E-state index is 13.4. The van der Waals surface area contributed by atoms with Gasteiger partial charge in [-0.15, -0.1) is 0 Å². The van der Waals surface area contributed by atoms with Gasteiger partial charge in [-0.3, -0.25) is 9.59 Å². The Hall–Kier alpha value is -4.97. The van der Waals surface area contributed by atoms with Crippen molar-refractivity contribution in [1.29, 1.82) is 0 Å². The quantitative estimate of drug-likeness (QED) is 0.121. The van der Waals surface area contributed by atoms with Gasteiger partial charge in [-0.25, -0.2) is 14.6 Å². The normalized spacial score (nSPS) is 24.2. The van der Waals surface area contributed by atoms with Gasteiger partial charge in [0.05, 0.1) is 24.2 Å². The van der Waals surface area contributed by atoms with Crippen LogP contribution < -0.4 is 21.1 Å². The molecule has 12 nitrogen and oxygen atoms in total. The number of likely N-dealkylation sites (tertiary alicyclic amines) is 1. The van der Waals surface area contributed by atoms with Crippen LogP contribution in [0.3, 0.4) is 0 Å². The summed E-state index contributed by atoms with van der Waals surface area (Å²) in [5, 5.41) is 13.1. The molecule has 4 aliphatic carbocycles. The van der Waals surface area contributed by atoms with E-state index in [4.69, 9.17) is 15.6 Å². The average molecular weight is 758 g/mol. The fourth-order valence-electron chi connectivity index (χ4n) is 11.2. The van der Waals surface area contributed by atoms with Crippen molar-refractivity contribution in [1.82, 2.24) is 34.5 Å². The molecule has 2 aromatic carbocycles. The van der Waals surface area contributed by atoms with Gasteiger partial charge in [0.15, 0.2) is 5.65 Å². The molecule has 4 saturated carbocycles. The smallest absolute Gasteiger partial charge is 0.272 e. The number of nitrogens with two attached hydrogens (primary N) is 1. The van der Waals surface area contributed by atoms with Crippen LogP contribution in [-0.4, -0.2) is 74.3 Å². The molecule has 5 fully saturated rings. The van der Waals surface area contributed by atoms with Crippen molar-refractivity contribution in [2.45, 2.75) is 77.2 Å². The number of aryl methyl sites for hydroxylation is 1. The third-order valence-electron chi connectivity index (χ3n) is 13.8. The Morgan fingerprint density at radius 1 is 1.00 bits per heavy atom. The number of rotatable bonds is 12. The second kappa shape index (κ2) is 14.8. The summed E-state index contributed by atoms with van der Waals surface area (Å²) in [4.78, 5) is 37.9. The SMILES string of the molecule is COc1cc(-c2nn(C3CCN(CCNC(=O)[C@@H](C)CCC45CC6CC(CC(C6)C4)C5)CC3)c3ncnc(N)c23)ccc1NC(=O)c1cc2ccccc2n1C. The lowest BCUT2D eigenvalue weighted by molar-refractivity contribution is -0.125. The molecule has 4 heterocycles. The first-order chi connectivity index (χ1) is 27.2. The number of nitrogen functional groups attached to an aromatic ring is 1. The number of carbonyl (C=O) groups is 2. The Morgan fingerprint density at radius 3 is 2.45 bits per heavy atom. The van der Waals surface area contributed by atoms with E-state index < -0.39 is 0 Å². The number of piperidine rings is 1. The highest BCUT2D eigenvalue weighted by molar-refractivity contribution is 6.07. The maximum absolute atomic E-state index is 13.4. The van der Waals surface area contributed by atoms with Gasteiger partial charge in [0.2, 0.25) is 5.91 Å². The Bertz CT molecular complexity index is 2230. The largest absolute Gasteiger partial charge is 0.495 e. The number of ether oxygens (including phenoxy) is 1. The lowest BCUT2D eigenvalue weighted by Crippen LogP contribution is -2.46. The van der Waals surface area contributed by atoms with E-state index in [2.05, 4.69) is 32.4 Å². The molecule has 1 atom stereocenters. The number of anilines is 2. The molecule has 1 aliphatic heterocycles. The molecule has 4 N–H and O–H groups in total. The number of hydrogen-bond acceptors (Lipinski definition) is 8. The van der Waals surface area contributed by atoms with Gasteiger partial charge < -0.3 is 30.6 Å². The lowest BCUT2D eigenvalue weighted by Gasteiger charge is -2.57. The van der Waals surface area contributed by atoms with E-state index in [1.165, 1.54) is 51.3 Å². The molecule has 10 rings (SSSR count). The van der Waals surface area contributed by atoms with Crippen LogP contribution in [-0.2, 0) is 11.8 Å². The summed E-state index contributed by atoms with van der Waals surface area (Å²) in [5.74, 6) is 3.79. The molecular weight excluding hydrogens is 703 g/mol. The van der Waals surface area contributed by atoms with Crippen molar-refractivity contribution < 1.29 is 14.3 Å². The molecule has 0 unspecified atom stereocenters. The van der Waals surface area contributed by atoms with E-state index in [0.717, 1.165) is 73.1 Å². The number of hydrogen-bond donors (Lipinski definition) is 3. The Morgan fingerprint density at radius 2 is 1.73 bits per heavy atom. The minimum Gasteiger partial charge on any atom is -0.495 e. The van der Waals surface area contributed by atoms with Gasteiger partial charge in [0.25, 0.3) is 5.91 Å². The second-order valence-electron chi connectivity index (χ2n) is 17.5. The second-order valence-corrected chi connectivity index (χ2v) is 17.5. The summed E-state index contributed by atoms with van der Waals surface area (Å²) < 4.78 is 9.67. The fourth-order valence-corrected chi connectivity index (χ4v) is 11.2. The molecule has 12 heteroatoms. The van der Waals surface area contributed by atoms with Crippen LogP contribution >= 0.6 is 0 Å². The zero-order chi connectivity index (χ0) is 38.6. The minimum absolute atomic E-state index is 0.0652. The number of benzene rings is 2. The van der Waals surface area contributed by atoms with Crippen molar-refractivity contribution >= 4 is 45.3 Å². The van der Waals surface area contributed by atoms with Crippen molar-refractivity contribution in [3.05, 3.63) is 60.6 Å². The third kappa shape index (κ3) is 6.90. The van der Waals surface area contributed by atoms with E-state index in [-0.39, 0.29) is 23.8 Å². The summed E-state index contributed by atoms with van der Waals surface area (Å²) >= 11 is 0. The van der Waals surface area contributed by atoms with Crippen molar-refractivity contribution in [3.63, 3.8) is 0 Å². The first kappa shape index (κ1) is 36.7. The van der Waals surface area contributed by atoms with Crippen LogP contribution in [0, 0.1) is 29.1 Å². The Kier molecular flexibility index (Phi) is 9.71. The number of aromatic nitrogens is 5. The highest BCUT2D eigenvalue weighted by atomic mass is 16.5. The van der Waals surface area contributed by atoms with Gasteiger partial charge in [-0.1, -0.05) is 31.2 Å². The number of carbonyl (C=O) groups excluding carboxylic acids is 2. The van der Waals surface area contributed by atoms with Gasteiger partial charge in [-0.05, 0) is 112 Å². The summed E-state index contributed by atoms with van der Waals surface area (Å²) in [6.45, 7) is 5.43. The van der Waals surface area contributed by atoms with Crippen molar-refractivity contribution in [3.8, 4) is 17.0 Å². The average Bonchev–Trinajstić information content (AvgIpc) is 3.76. The van der Waals surface area contributed by atoms with Crippen molar-refractivity contribution in [2.75, 3.05) is 44.3 Å². The zero-order valence-electron chi connectivity index (χ0n) is 33.0. The highest BCUT2D eigenvalue weighted by Crippen LogP contribution is 2.61. The predicted molar refractivity (Wildman–Crippen MR) is 219 cm³/mol. The van der Waals surface area contributed by atoms with E-state index in [1.54, 1.807) is 7.11 Å². The first-order valence-corrected chi connectivity index (χ1v) is 20.7. The van der Waals surface area contributed by atoms with Crippen molar-refractivity contribution in [2.24, 2.45) is 36.1 Å². The summed E-state index contributed by atoms with van der Waals surface area (Å²) in [6.07, 6.45) is 14.2. The molecule has 0 spiro atoms. The minimum atomic E-state index is -0.229.